The Balaban J connectivity index is 1.51. The molecule has 0 spiro atoms. The monoisotopic (exact) mass is 336 g/mol. The number of amides is 1. The van der Waals surface area contributed by atoms with Crippen LogP contribution < -0.4 is 10.9 Å². The van der Waals surface area contributed by atoms with Crippen LogP contribution in [-0.2, 0) is 7.05 Å². The number of pyridine rings is 1. The molecule has 0 unspecified atom stereocenters. The summed E-state index contributed by atoms with van der Waals surface area (Å²) in [7, 11) is 1.71. The molecule has 0 saturated heterocycles. The average molecular weight is 336 g/mol. The van der Waals surface area contributed by atoms with Gasteiger partial charge < -0.3 is 5.32 Å². The van der Waals surface area contributed by atoms with E-state index >= 15 is 0 Å². The van der Waals surface area contributed by atoms with Crippen molar-refractivity contribution in [3.8, 4) is 0 Å². The highest BCUT2D eigenvalue weighted by atomic mass is 16.2. The molecule has 3 aromatic rings. The number of fused-ring (bicyclic) bond motifs is 1. The van der Waals surface area contributed by atoms with Crippen molar-refractivity contribution in [3.05, 3.63) is 63.6 Å². The van der Waals surface area contributed by atoms with Gasteiger partial charge in [-0.2, -0.15) is 0 Å². The number of carbonyl (C=O) groups is 1. The molecule has 25 heavy (non-hydrogen) atoms. The zero-order valence-corrected chi connectivity index (χ0v) is 14.2. The lowest BCUT2D eigenvalue weighted by Gasteiger charge is -2.07. The minimum Gasteiger partial charge on any atom is -0.352 e. The van der Waals surface area contributed by atoms with Crippen LogP contribution in [0.2, 0.25) is 0 Å². The normalized spacial score (nSPS) is 19.1. The minimum atomic E-state index is -0.288. The van der Waals surface area contributed by atoms with Crippen LogP contribution in [-0.4, -0.2) is 27.2 Å². The largest absolute Gasteiger partial charge is 0.352 e. The van der Waals surface area contributed by atoms with Crippen LogP contribution in [0, 0.1) is 12.8 Å². The van der Waals surface area contributed by atoms with Crippen LogP contribution in [0.15, 0.2) is 41.2 Å². The molecule has 1 amide bonds. The summed E-state index contributed by atoms with van der Waals surface area (Å²) >= 11 is 0. The number of aromatic nitrogens is 3. The van der Waals surface area contributed by atoms with Gasteiger partial charge in [0.05, 0.1) is 10.9 Å². The van der Waals surface area contributed by atoms with Crippen molar-refractivity contribution in [3.63, 3.8) is 0 Å². The Labute approximate surface area is 144 Å². The summed E-state index contributed by atoms with van der Waals surface area (Å²) in [4.78, 5) is 29.1. The van der Waals surface area contributed by atoms with Crippen LogP contribution in [0.1, 0.15) is 34.0 Å². The third-order valence-electron chi connectivity index (χ3n) is 4.86. The van der Waals surface area contributed by atoms with Crippen LogP contribution in [0.25, 0.3) is 11.0 Å². The fourth-order valence-electron chi connectivity index (χ4n) is 3.46. The van der Waals surface area contributed by atoms with E-state index < -0.39 is 0 Å². The molecule has 1 fully saturated rings. The second kappa shape index (κ2) is 5.88. The zero-order chi connectivity index (χ0) is 17.6. The van der Waals surface area contributed by atoms with E-state index in [9.17, 15) is 9.59 Å². The first-order valence-corrected chi connectivity index (χ1v) is 8.44. The topological polar surface area (TPSA) is 79.8 Å². The van der Waals surface area contributed by atoms with Gasteiger partial charge in [-0.3, -0.25) is 19.4 Å². The predicted molar refractivity (Wildman–Crippen MR) is 95.7 cm³/mol. The fraction of sp³-hybridized carbons (Fsp3) is 0.316. The Morgan fingerprint density at radius 2 is 2.12 bits per heavy atom. The van der Waals surface area contributed by atoms with E-state index in [1.165, 1.54) is 5.56 Å². The van der Waals surface area contributed by atoms with Crippen LogP contribution in [0.3, 0.4) is 0 Å². The SMILES string of the molecule is Cc1cc(C(=O)NC[C@H]2C[C@H]2c2ccccc2)c2c(=O)[nH]n(C)c2n1. The maximum absolute atomic E-state index is 12.6. The first-order valence-electron chi connectivity index (χ1n) is 8.44. The second-order valence-corrected chi connectivity index (χ2v) is 6.73. The molecule has 6 nitrogen and oxygen atoms in total. The number of benzene rings is 1. The highest BCUT2D eigenvalue weighted by Gasteiger charge is 2.38. The number of rotatable bonds is 4. The molecule has 1 aliphatic rings. The van der Waals surface area contributed by atoms with Crippen molar-refractivity contribution in [2.45, 2.75) is 19.3 Å². The Morgan fingerprint density at radius 1 is 1.36 bits per heavy atom. The van der Waals surface area contributed by atoms with Crippen molar-refractivity contribution in [2.75, 3.05) is 6.54 Å². The van der Waals surface area contributed by atoms with Crippen molar-refractivity contribution >= 4 is 16.9 Å². The van der Waals surface area contributed by atoms with E-state index in [1.807, 2.05) is 25.1 Å². The molecule has 0 aliphatic heterocycles. The third-order valence-corrected chi connectivity index (χ3v) is 4.86. The smallest absolute Gasteiger partial charge is 0.274 e. The number of aromatic amines is 1. The maximum atomic E-state index is 12.6. The summed E-state index contributed by atoms with van der Waals surface area (Å²) in [5, 5.41) is 6.00. The van der Waals surface area contributed by atoms with Gasteiger partial charge in [-0.25, -0.2) is 4.98 Å². The van der Waals surface area contributed by atoms with Gasteiger partial charge in [0.2, 0.25) is 0 Å². The molecule has 2 atom stereocenters. The molecule has 0 radical (unpaired) electrons. The first-order chi connectivity index (χ1) is 12.0. The molecule has 2 N–H and O–H groups in total. The lowest BCUT2D eigenvalue weighted by molar-refractivity contribution is 0.0953. The lowest BCUT2D eigenvalue weighted by atomic mass is 10.1. The first kappa shape index (κ1) is 15.6. The van der Waals surface area contributed by atoms with Crippen molar-refractivity contribution in [1.29, 1.82) is 0 Å². The van der Waals surface area contributed by atoms with Gasteiger partial charge in [-0.05, 0) is 36.8 Å². The molecular formula is C19H20N4O2. The van der Waals surface area contributed by atoms with E-state index in [1.54, 1.807) is 17.8 Å². The van der Waals surface area contributed by atoms with Gasteiger partial charge in [-0.1, -0.05) is 30.3 Å². The van der Waals surface area contributed by atoms with Crippen LogP contribution >= 0.6 is 0 Å². The van der Waals surface area contributed by atoms with Gasteiger partial charge in [0, 0.05) is 19.3 Å². The van der Waals surface area contributed by atoms with Gasteiger partial charge in [-0.15, -0.1) is 0 Å². The van der Waals surface area contributed by atoms with Gasteiger partial charge in [0.1, 0.15) is 0 Å². The number of nitrogens with one attached hydrogen (secondary N) is 2. The predicted octanol–water partition coefficient (Wildman–Crippen LogP) is 2.10. The van der Waals surface area contributed by atoms with Crippen LogP contribution in [0.4, 0.5) is 0 Å². The summed E-state index contributed by atoms with van der Waals surface area (Å²) in [6.07, 6.45) is 1.08. The van der Waals surface area contributed by atoms with Crippen molar-refractivity contribution in [1.82, 2.24) is 20.1 Å². The van der Waals surface area contributed by atoms with E-state index in [4.69, 9.17) is 0 Å². The van der Waals surface area contributed by atoms with E-state index in [-0.39, 0.29) is 11.5 Å². The summed E-state index contributed by atoms with van der Waals surface area (Å²) in [6, 6.07) is 12.0. The van der Waals surface area contributed by atoms with E-state index in [0.717, 1.165) is 6.42 Å². The molecule has 0 bridgehead atoms. The van der Waals surface area contributed by atoms with Gasteiger partial charge in [0.15, 0.2) is 5.65 Å². The second-order valence-electron chi connectivity index (χ2n) is 6.73. The van der Waals surface area contributed by atoms with Crippen LogP contribution in [0.5, 0.6) is 0 Å². The maximum Gasteiger partial charge on any atom is 0.274 e. The van der Waals surface area contributed by atoms with Gasteiger partial charge in [0.25, 0.3) is 11.5 Å². The van der Waals surface area contributed by atoms with E-state index in [2.05, 4.69) is 27.5 Å². The summed E-state index contributed by atoms with van der Waals surface area (Å²) in [5.74, 6) is 0.755. The third kappa shape index (κ3) is 2.84. The standard InChI is InChI=1S/C19H20N4O2/c1-11-8-15(16-17(21-11)23(2)22-19(16)25)18(24)20-10-13-9-14(13)12-6-4-3-5-7-12/h3-8,13-14H,9-10H2,1-2H3,(H,20,24)(H,22,25)/t13-,14+/m1/s1. The minimum absolute atomic E-state index is 0.217. The van der Waals surface area contributed by atoms with Crippen molar-refractivity contribution < 1.29 is 4.79 Å². The Morgan fingerprint density at radius 3 is 2.88 bits per heavy atom. The summed E-state index contributed by atoms with van der Waals surface area (Å²) < 4.78 is 1.55. The molecule has 6 heteroatoms. The molecular weight excluding hydrogens is 316 g/mol. The Kier molecular flexibility index (Phi) is 3.67. The molecule has 2 heterocycles. The van der Waals surface area contributed by atoms with Crippen molar-refractivity contribution in [2.24, 2.45) is 13.0 Å². The molecule has 1 aromatic carbocycles. The quantitative estimate of drug-likeness (QED) is 0.766. The highest BCUT2D eigenvalue weighted by Crippen LogP contribution is 2.46. The fourth-order valence-corrected chi connectivity index (χ4v) is 3.46. The average Bonchev–Trinajstić information content (AvgIpc) is 3.33. The van der Waals surface area contributed by atoms with Gasteiger partial charge >= 0.3 is 0 Å². The Hall–Kier alpha value is -2.89. The zero-order valence-electron chi connectivity index (χ0n) is 14.2. The molecule has 1 aliphatic carbocycles. The number of aryl methyl sites for hydroxylation is 2. The number of hydrogen-bond acceptors (Lipinski definition) is 3. The van der Waals surface area contributed by atoms with E-state index in [0.29, 0.717) is 40.7 Å². The molecule has 2 aromatic heterocycles. The summed E-state index contributed by atoms with van der Waals surface area (Å²) in [5.41, 5.74) is 2.64. The molecule has 4 rings (SSSR count). The Bertz CT molecular complexity index is 1000. The number of hydrogen-bond donors (Lipinski definition) is 2. The lowest BCUT2D eigenvalue weighted by Crippen LogP contribution is -2.27. The summed E-state index contributed by atoms with van der Waals surface area (Å²) in [6.45, 7) is 2.44. The molecule has 128 valence electrons. The number of carbonyl (C=O) groups excluding carboxylic acids is 1. The molecule has 1 saturated carbocycles. The number of H-pyrrole nitrogens is 1. The highest BCUT2D eigenvalue weighted by molar-refractivity contribution is 6.05. The number of nitrogens with zero attached hydrogens (tertiary/aromatic N) is 2.